The van der Waals surface area contributed by atoms with E-state index in [2.05, 4.69) is 0 Å². The fraction of sp³-hybridized carbons (Fsp3) is 1.00. The SMILES string of the molecule is C1OC1CSSSSCC1CO1. The molecule has 2 aliphatic rings. The summed E-state index contributed by atoms with van der Waals surface area (Å²) >= 11 is 0. The Balaban J connectivity index is 1.31. The summed E-state index contributed by atoms with van der Waals surface area (Å²) in [5, 5.41) is 0. The predicted octanol–water partition coefficient (Wildman–Crippen LogP) is 2.46. The van der Waals surface area contributed by atoms with Crippen LogP contribution in [0.25, 0.3) is 0 Å². The second-order valence-electron chi connectivity index (χ2n) is 2.62. The molecule has 0 saturated carbocycles. The topological polar surface area (TPSA) is 25.1 Å². The normalized spacial score (nSPS) is 32.0. The summed E-state index contributed by atoms with van der Waals surface area (Å²) in [4.78, 5) is 0. The van der Waals surface area contributed by atoms with E-state index in [9.17, 15) is 0 Å². The second kappa shape index (κ2) is 5.26. The monoisotopic (exact) mass is 242 g/mol. The lowest BCUT2D eigenvalue weighted by atomic mass is 10.6. The van der Waals surface area contributed by atoms with Crippen molar-refractivity contribution in [1.82, 2.24) is 0 Å². The van der Waals surface area contributed by atoms with Crippen LogP contribution in [0.3, 0.4) is 0 Å². The summed E-state index contributed by atoms with van der Waals surface area (Å²) in [6.45, 7) is 1.95. The van der Waals surface area contributed by atoms with Crippen LogP contribution < -0.4 is 0 Å². The molecule has 2 atom stereocenters. The van der Waals surface area contributed by atoms with Gasteiger partial charge in [0.2, 0.25) is 0 Å². The van der Waals surface area contributed by atoms with E-state index in [1.807, 2.05) is 41.2 Å². The van der Waals surface area contributed by atoms with E-state index in [-0.39, 0.29) is 0 Å². The van der Waals surface area contributed by atoms with Crippen molar-refractivity contribution >= 4 is 41.2 Å². The molecule has 2 aliphatic heterocycles. The van der Waals surface area contributed by atoms with Gasteiger partial charge in [-0.25, -0.2) is 0 Å². The maximum absolute atomic E-state index is 5.09. The molecule has 0 N–H and O–H groups in total. The molecular weight excluding hydrogens is 232 g/mol. The average Bonchev–Trinajstić information content (AvgIpc) is 2.89. The van der Waals surface area contributed by atoms with Gasteiger partial charge in [-0.1, -0.05) is 21.6 Å². The van der Waals surface area contributed by atoms with Crippen molar-refractivity contribution in [3.8, 4) is 0 Å². The summed E-state index contributed by atoms with van der Waals surface area (Å²) in [5.41, 5.74) is 0. The van der Waals surface area contributed by atoms with Crippen molar-refractivity contribution in [3.63, 3.8) is 0 Å². The minimum atomic E-state index is 0.555. The standard InChI is InChI=1S/C6H10O2S4/c1-5(7-1)3-9-11-12-10-4-6-2-8-6/h5-6H,1-4H2. The summed E-state index contributed by atoms with van der Waals surface area (Å²) < 4.78 is 10.2. The molecule has 0 aromatic rings. The molecule has 70 valence electrons. The van der Waals surface area contributed by atoms with Crippen LogP contribution in [0, 0.1) is 0 Å². The van der Waals surface area contributed by atoms with Gasteiger partial charge in [-0.15, -0.1) is 0 Å². The summed E-state index contributed by atoms with van der Waals surface area (Å²) in [6.07, 6.45) is 1.11. The Hall–Kier alpha value is 1.32. The second-order valence-corrected chi connectivity index (χ2v) is 8.71. The molecule has 12 heavy (non-hydrogen) atoms. The number of hydrogen-bond donors (Lipinski definition) is 0. The Labute approximate surface area is 87.5 Å². The van der Waals surface area contributed by atoms with Gasteiger partial charge >= 0.3 is 0 Å². The molecule has 6 heteroatoms. The molecule has 2 fully saturated rings. The number of ether oxygens (including phenoxy) is 2. The Morgan fingerprint density at radius 1 is 0.917 bits per heavy atom. The van der Waals surface area contributed by atoms with Crippen LogP contribution in [0.5, 0.6) is 0 Å². The first-order valence-corrected chi connectivity index (χ1v) is 8.91. The third-order valence-electron chi connectivity index (χ3n) is 1.44. The lowest BCUT2D eigenvalue weighted by molar-refractivity contribution is 0.426. The molecule has 2 unspecified atom stereocenters. The molecule has 2 saturated heterocycles. The van der Waals surface area contributed by atoms with Gasteiger partial charge in [0.25, 0.3) is 0 Å². The fourth-order valence-electron chi connectivity index (χ4n) is 0.575. The molecule has 2 heterocycles. The molecule has 0 bridgehead atoms. The highest BCUT2D eigenvalue weighted by Gasteiger charge is 2.23. The van der Waals surface area contributed by atoms with E-state index in [1.54, 1.807) is 0 Å². The van der Waals surface area contributed by atoms with E-state index < -0.39 is 0 Å². The van der Waals surface area contributed by atoms with Crippen LogP contribution in [0.4, 0.5) is 0 Å². The van der Waals surface area contributed by atoms with Crippen LogP contribution >= 0.6 is 41.2 Å². The quantitative estimate of drug-likeness (QED) is 0.386. The molecule has 0 amide bonds. The molecular formula is C6H10O2S4. The van der Waals surface area contributed by atoms with E-state index in [1.165, 1.54) is 0 Å². The van der Waals surface area contributed by atoms with E-state index >= 15 is 0 Å². The number of hydrogen-bond acceptors (Lipinski definition) is 6. The zero-order chi connectivity index (χ0) is 8.23. The summed E-state index contributed by atoms with van der Waals surface area (Å²) in [6, 6.07) is 0. The van der Waals surface area contributed by atoms with Gasteiger partial charge in [0.15, 0.2) is 0 Å². The highest BCUT2D eigenvalue weighted by molar-refractivity contribution is 9.26. The number of rotatable bonds is 7. The van der Waals surface area contributed by atoms with Crippen molar-refractivity contribution < 1.29 is 9.47 Å². The zero-order valence-corrected chi connectivity index (χ0v) is 9.70. The van der Waals surface area contributed by atoms with Crippen molar-refractivity contribution in [2.45, 2.75) is 12.2 Å². The Kier molecular flexibility index (Phi) is 4.32. The van der Waals surface area contributed by atoms with Gasteiger partial charge in [0.05, 0.1) is 25.4 Å². The highest BCUT2D eigenvalue weighted by atomic mass is 33.7. The van der Waals surface area contributed by atoms with E-state index in [4.69, 9.17) is 9.47 Å². The van der Waals surface area contributed by atoms with E-state index in [0.29, 0.717) is 12.2 Å². The van der Waals surface area contributed by atoms with Crippen LogP contribution in [0.1, 0.15) is 0 Å². The van der Waals surface area contributed by atoms with Crippen molar-refractivity contribution in [3.05, 3.63) is 0 Å². The minimum absolute atomic E-state index is 0.555. The first-order chi connectivity index (χ1) is 5.95. The smallest absolute Gasteiger partial charge is 0.0908 e. The van der Waals surface area contributed by atoms with Crippen LogP contribution in [0.15, 0.2) is 0 Å². The van der Waals surface area contributed by atoms with E-state index in [0.717, 1.165) is 24.7 Å². The summed E-state index contributed by atoms with van der Waals surface area (Å²) in [7, 11) is 7.48. The Bertz CT molecular complexity index is 122. The maximum Gasteiger partial charge on any atom is 0.0908 e. The van der Waals surface area contributed by atoms with Gasteiger partial charge in [-0.05, 0) is 19.7 Å². The lowest BCUT2D eigenvalue weighted by Crippen LogP contribution is -1.85. The molecule has 0 aromatic carbocycles. The molecule has 0 aliphatic carbocycles. The van der Waals surface area contributed by atoms with Gasteiger partial charge in [0.1, 0.15) is 0 Å². The van der Waals surface area contributed by atoms with Crippen LogP contribution in [-0.4, -0.2) is 36.9 Å². The Morgan fingerprint density at radius 3 is 1.67 bits per heavy atom. The molecule has 0 radical (unpaired) electrons. The largest absolute Gasteiger partial charge is 0.372 e. The fourth-order valence-corrected chi connectivity index (χ4v) is 6.76. The third kappa shape index (κ3) is 4.53. The van der Waals surface area contributed by atoms with Crippen molar-refractivity contribution in [2.75, 3.05) is 24.7 Å². The van der Waals surface area contributed by atoms with Gasteiger partial charge in [-0.3, -0.25) is 0 Å². The molecule has 0 aromatic heterocycles. The first-order valence-electron chi connectivity index (χ1n) is 3.76. The van der Waals surface area contributed by atoms with Crippen LogP contribution in [0.2, 0.25) is 0 Å². The van der Waals surface area contributed by atoms with Crippen molar-refractivity contribution in [1.29, 1.82) is 0 Å². The van der Waals surface area contributed by atoms with Gasteiger partial charge in [-0.2, -0.15) is 0 Å². The average molecular weight is 242 g/mol. The molecule has 0 spiro atoms. The van der Waals surface area contributed by atoms with Gasteiger partial charge < -0.3 is 9.47 Å². The Morgan fingerprint density at radius 2 is 1.33 bits per heavy atom. The molecule has 2 nitrogen and oxygen atoms in total. The van der Waals surface area contributed by atoms with Gasteiger partial charge in [0, 0.05) is 11.5 Å². The maximum atomic E-state index is 5.09. The minimum Gasteiger partial charge on any atom is -0.372 e. The lowest BCUT2D eigenvalue weighted by Gasteiger charge is -1.95. The van der Waals surface area contributed by atoms with Crippen LogP contribution in [-0.2, 0) is 9.47 Å². The zero-order valence-electron chi connectivity index (χ0n) is 6.43. The third-order valence-corrected chi connectivity index (χ3v) is 7.99. The predicted molar refractivity (Wildman–Crippen MR) is 59.6 cm³/mol. The number of epoxide rings is 2. The first kappa shape index (κ1) is 9.86. The molecule has 2 rings (SSSR count). The van der Waals surface area contributed by atoms with Crippen molar-refractivity contribution in [2.24, 2.45) is 0 Å². The summed E-state index contributed by atoms with van der Waals surface area (Å²) in [5.74, 6) is 2.27. The highest BCUT2D eigenvalue weighted by Crippen LogP contribution is 2.44.